The van der Waals surface area contributed by atoms with Crippen LogP contribution in [0.5, 0.6) is 5.75 Å². The molecule has 32 heavy (non-hydrogen) atoms. The second-order valence-corrected chi connectivity index (χ2v) is 9.57. The van der Waals surface area contributed by atoms with Crippen molar-refractivity contribution >= 4 is 0 Å². The van der Waals surface area contributed by atoms with Crippen LogP contribution in [-0.4, -0.2) is 26.1 Å². The summed E-state index contributed by atoms with van der Waals surface area (Å²) in [5.41, 5.74) is 0.826. The number of hydrogen-bond donors (Lipinski definition) is 0. The number of rotatable bonds is 12. The molecule has 0 spiro atoms. The third-order valence-electron chi connectivity index (χ3n) is 7.02. The highest BCUT2D eigenvalue weighted by atomic mass is 19.3. The molecule has 1 saturated carbocycles. The molecule has 3 nitrogen and oxygen atoms in total. The zero-order valence-corrected chi connectivity index (χ0v) is 19.4. The summed E-state index contributed by atoms with van der Waals surface area (Å²) in [6, 6.07) is 4.27. The Labute approximate surface area is 191 Å². The molecule has 1 aliphatic carbocycles. The molecule has 2 aliphatic rings. The van der Waals surface area contributed by atoms with Gasteiger partial charge in [0.2, 0.25) is 0 Å². The van der Waals surface area contributed by atoms with Crippen molar-refractivity contribution in [3.8, 4) is 5.75 Å². The van der Waals surface area contributed by atoms with E-state index in [-0.39, 0.29) is 6.29 Å². The maximum Gasteiger partial charge on any atom is 0.387 e. The smallest absolute Gasteiger partial charge is 0.387 e. The predicted octanol–water partition coefficient (Wildman–Crippen LogP) is 7.52. The summed E-state index contributed by atoms with van der Waals surface area (Å²) in [6.07, 6.45) is 13.8. The SMILES string of the molecule is CCCCCC1COC(C2CCC(CCCCc3ccc(OC(F)F)c(F)c3)CC2)OC1. The Morgan fingerprint density at radius 2 is 1.62 bits per heavy atom. The Hall–Kier alpha value is -1.27. The quantitative estimate of drug-likeness (QED) is 0.305. The fourth-order valence-electron chi connectivity index (χ4n) is 5.08. The first kappa shape index (κ1) is 25.4. The van der Waals surface area contributed by atoms with Crippen LogP contribution in [0.15, 0.2) is 18.2 Å². The van der Waals surface area contributed by atoms with Crippen LogP contribution in [0.2, 0.25) is 0 Å². The second kappa shape index (κ2) is 13.4. The van der Waals surface area contributed by atoms with Gasteiger partial charge in [-0.25, -0.2) is 4.39 Å². The zero-order valence-electron chi connectivity index (χ0n) is 19.4. The summed E-state index contributed by atoms with van der Waals surface area (Å²) in [5, 5.41) is 0. The van der Waals surface area contributed by atoms with Gasteiger partial charge in [0.25, 0.3) is 0 Å². The topological polar surface area (TPSA) is 27.7 Å². The van der Waals surface area contributed by atoms with Crippen molar-refractivity contribution < 1.29 is 27.4 Å². The van der Waals surface area contributed by atoms with Gasteiger partial charge in [-0.15, -0.1) is 0 Å². The van der Waals surface area contributed by atoms with Crippen LogP contribution in [0.1, 0.15) is 83.1 Å². The highest BCUT2D eigenvalue weighted by Gasteiger charge is 2.32. The summed E-state index contributed by atoms with van der Waals surface area (Å²) >= 11 is 0. The lowest BCUT2D eigenvalue weighted by molar-refractivity contribution is -0.230. The number of aryl methyl sites for hydroxylation is 1. The van der Waals surface area contributed by atoms with Gasteiger partial charge < -0.3 is 14.2 Å². The fraction of sp³-hybridized carbons (Fsp3) is 0.769. The van der Waals surface area contributed by atoms with E-state index in [4.69, 9.17) is 9.47 Å². The average Bonchev–Trinajstić information content (AvgIpc) is 2.79. The molecule has 0 amide bonds. The van der Waals surface area contributed by atoms with Gasteiger partial charge in [-0.3, -0.25) is 0 Å². The number of alkyl halides is 2. The Morgan fingerprint density at radius 1 is 0.938 bits per heavy atom. The maximum atomic E-state index is 13.8. The number of hydrogen-bond acceptors (Lipinski definition) is 3. The maximum absolute atomic E-state index is 13.8. The molecule has 0 aromatic heterocycles. The van der Waals surface area contributed by atoms with Gasteiger partial charge in [0.15, 0.2) is 17.9 Å². The van der Waals surface area contributed by atoms with Crippen molar-refractivity contribution in [1.29, 1.82) is 0 Å². The van der Waals surface area contributed by atoms with Gasteiger partial charge in [0.05, 0.1) is 13.2 Å². The first-order valence-electron chi connectivity index (χ1n) is 12.5. The normalized spacial score (nSPS) is 26.4. The Bertz CT molecular complexity index is 654. The monoisotopic (exact) mass is 456 g/mol. The van der Waals surface area contributed by atoms with E-state index in [0.717, 1.165) is 44.0 Å². The zero-order chi connectivity index (χ0) is 22.8. The van der Waals surface area contributed by atoms with E-state index in [1.54, 1.807) is 6.07 Å². The van der Waals surface area contributed by atoms with Crippen molar-refractivity contribution in [1.82, 2.24) is 0 Å². The molecule has 1 aromatic carbocycles. The molecule has 0 N–H and O–H groups in total. The minimum Gasteiger partial charge on any atom is -0.432 e. The molecule has 2 fully saturated rings. The molecular weight excluding hydrogens is 417 g/mol. The Morgan fingerprint density at radius 3 is 2.28 bits per heavy atom. The third kappa shape index (κ3) is 8.26. The van der Waals surface area contributed by atoms with E-state index in [0.29, 0.717) is 11.8 Å². The van der Waals surface area contributed by atoms with Gasteiger partial charge in [-0.05, 0) is 68.6 Å². The third-order valence-corrected chi connectivity index (χ3v) is 7.02. The van der Waals surface area contributed by atoms with Crippen LogP contribution < -0.4 is 4.74 Å². The standard InChI is InChI=1S/C26H39F3O3/c1-2-3-4-9-21-17-30-25(31-18-21)22-13-10-19(11-14-22)7-5-6-8-20-12-15-24(23(27)16-20)32-26(28)29/h12,15-16,19,21-22,25-26H,2-11,13-14,17-18H2,1H3. The van der Waals surface area contributed by atoms with Gasteiger partial charge in [-0.1, -0.05) is 45.1 Å². The van der Waals surface area contributed by atoms with E-state index in [2.05, 4.69) is 11.7 Å². The molecule has 1 aromatic rings. The summed E-state index contributed by atoms with van der Waals surface area (Å²) in [6.45, 7) is 0.930. The molecule has 0 bridgehead atoms. The Balaban J connectivity index is 1.27. The molecule has 3 rings (SSSR count). The number of benzene rings is 1. The summed E-state index contributed by atoms with van der Waals surface area (Å²) in [7, 11) is 0. The largest absolute Gasteiger partial charge is 0.432 e. The van der Waals surface area contributed by atoms with E-state index in [1.165, 1.54) is 69.9 Å². The highest BCUT2D eigenvalue weighted by Crippen LogP contribution is 2.36. The van der Waals surface area contributed by atoms with Gasteiger partial charge in [0, 0.05) is 11.8 Å². The predicted molar refractivity (Wildman–Crippen MR) is 119 cm³/mol. The van der Waals surface area contributed by atoms with Gasteiger partial charge in [-0.2, -0.15) is 8.78 Å². The van der Waals surface area contributed by atoms with Crippen LogP contribution in [0.4, 0.5) is 13.2 Å². The minimum atomic E-state index is -3.01. The van der Waals surface area contributed by atoms with Gasteiger partial charge in [0.1, 0.15) is 0 Å². The van der Waals surface area contributed by atoms with Crippen LogP contribution >= 0.6 is 0 Å². The van der Waals surface area contributed by atoms with Crippen LogP contribution in [0, 0.1) is 23.6 Å². The molecule has 1 aliphatic heterocycles. The van der Waals surface area contributed by atoms with E-state index >= 15 is 0 Å². The molecule has 0 unspecified atom stereocenters. The van der Waals surface area contributed by atoms with E-state index < -0.39 is 18.2 Å². The molecular formula is C26H39F3O3. The highest BCUT2D eigenvalue weighted by molar-refractivity contribution is 5.29. The number of unbranched alkanes of at least 4 members (excludes halogenated alkanes) is 3. The average molecular weight is 457 g/mol. The van der Waals surface area contributed by atoms with E-state index in [1.807, 2.05) is 0 Å². The first-order valence-corrected chi connectivity index (χ1v) is 12.5. The summed E-state index contributed by atoms with van der Waals surface area (Å²) in [5.74, 6) is 0.727. The minimum absolute atomic E-state index is 0.00899. The lowest BCUT2D eigenvalue weighted by Crippen LogP contribution is -2.38. The molecule has 0 radical (unpaired) electrons. The van der Waals surface area contributed by atoms with Crippen LogP contribution in [0.25, 0.3) is 0 Å². The summed E-state index contributed by atoms with van der Waals surface area (Å²) in [4.78, 5) is 0. The lowest BCUT2D eigenvalue weighted by atomic mass is 9.79. The van der Waals surface area contributed by atoms with Crippen molar-refractivity contribution in [2.75, 3.05) is 13.2 Å². The van der Waals surface area contributed by atoms with Crippen molar-refractivity contribution in [2.45, 2.75) is 96.9 Å². The van der Waals surface area contributed by atoms with Crippen LogP contribution in [0.3, 0.4) is 0 Å². The van der Waals surface area contributed by atoms with E-state index in [9.17, 15) is 13.2 Å². The molecule has 6 heteroatoms. The molecule has 0 atom stereocenters. The fourth-order valence-corrected chi connectivity index (χ4v) is 5.08. The summed E-state index contributed by atoms with van der Waals surface area (Å²) < 4.78 is 54.6. The van der Waals surface area contributed by atoms with Crippen LogP contribution in [-0.2, 0) is 15.9 Å². The molecule has 1 saturated heterocycles. The lowest BCUT2D eigenvalue weighted by Gasteiger charge is -2.37. The molecule has 1 heterocycles. The number of ether oxygens (including phenoxy) is 3. The van der Waals surface area contributed by atoms with Crippen molar-refractivity contribution in [3.63, 3.8) is 0 Å². The van der Waals surface area contributed by atoms with Crippen molar-refractivity contribution in [2.24, 2.45) is 17.8 Å². The molecule has 182 valence electrons. The first-order chi connectivity index (χ1) is 15.5. The number of halogens is 3. The van der Waals surface area contributed by atoms with Crippen molar-refractivity contribution in [3.05, 3.63) is 29.6 Å². The van der Waals surface area contributed by atoms with Gasteiger partial charge >= 0.3 is 6.61 Å². The second-order valence-electron chi connectivity index (χ2n) is 9.57. The Kier molecular flexibility index (Phi) is 10.6.